The van der Waals surface area contributed by atoms with Crippen LogP contribution in [0.4, 0.5) is 0 Å². The van der Waals surface area contributed by atoms with Crippen molar-refractivity contribution >= 4 is 11.8 Å². The van der Waals surface area contributed by atoms with E-state index in [1.54, 1.807) is 0 Å². The van der Waals surface area contributed by atoms with Gasteiger partial charge in [-0.05, 0) is 18.8 Å². The summed E-state index contributed by atoms with van der Waals surface area (Å²) >= 11 is 0. The Labute approximate surface area is 63.4 Å². The van der Waals surface area contributed by atoms with Gasteiger partial charge in [0.05, 0.1) is 5.41 Å². The summed E-state index contributed by atoms with van der Waals surface area (Å²) in [7, 11) is 0. The molecular formula is C8H8O3. The molecule has 0 unspecified atom stereocenters. The summed E-state index contributed by atoms with van der Waals surface area (Å²) in [6.45, 7) is 0. The summed E-state index contributed by atoms with van der Waals surface area (Å²) in [5.41, 5.74) is -0.568. The van der Waals surface area contributed by atoms with E-state index in [0.717, 1.165) is 6.42 Å². The average Bonchev–Trinajstić information content (AvgIpc) is 2.32. The minimum atomic E-state index is -0.735. The highest BCUT2D eigenvalue weighted by Gasteiger charge is 2.83. The highest BCUT2D eigenvalue weighted by Crippen LogP contribution is 2.77. The average molecular weight is 152 g/mol. The van der Waals surface area contributed by atoms with Gasteiger partial charge in [-0.15, -0.1) is 0 Å². The van der Waals surface area contributed by atoms with E-state index in [0.29, 0.717) is 6.42 Å². The molecule has 0 amide bonds. The van der Waals surface area contributed by atoms with Crippen LogP contribution in [0.1, 0.15) is 12.8 Å². The summed E-state index contributed by atoms with van der Waals surface area (Å²) in [6, 6.07) is 0. The van der Waals surface area contributed by atoms with Gasteiger partial charge in [0.25, 0.3) is 0 Å². The fourth-order valence-electron chi connectivity index (χ4n) is 3.24. The zero-order valence-corrected chi connectivity index (χ0v) is 5.91. The highest BCUT2D eigenvalue weighted by atomic mass is 16.4. The largest absolute Gasteiger partial charge is 0.481 e. The number of rotatable bonds is 1. The number of carbonyl (C=O) groups excluding carboxylic acids is 1. The standard InChI is InChI=1S/C8H8O3/c9-6-3-1-4-5(6)8(4,2-3)7(10)11/h3-5H,1-2H2,(H,10,11)/t3-,4-,5-,8+/m0/s1. The monoisotopic (exact) mass is 152 g/mol. The molecule has 0 heterocycles. The van der Waals surface area contributed by atoms with E-state index in [2.05, 4.69) is 0 Å². The van der Waals surface area contributed by atoms with E-state index < -0.39 is 11.4 Å². The van der Waals surface area contributed by atoms with E-state index in [1.165, 1.54) is 0 Å². The maximum absolute atomic E-state index is 11.2. The van der Waals surface area contributed by atoms with Crippen LogP contribution in [0, 0.1) is 23.2 Å². The minimum absolute atomic E-state index is 0.0787. The van der Waals surface area contributed by atoms with Crippen molar-refractivity contribution in [2.75, 3.05) is 0 Å². The summed E-state index contributed by atoms with van der Waals surface area (Å²) < 4.78 is 0. The molecule has 4 aliphatic rings. The molecule has 58 valence electrons. The van der Waals surface area contributed by atoms with Crippen LogP contribution in [0.15, 0.2) is 0 Å². The van der Waals surface area contributed by atoms with Crippen molar-refractivity contribution in [3.8, 4) is 0 Å². The fourth-order valence-corrected chi connectivity index (χ4v) is 3.24. The Balaban J connectivity index is 2.11. The third kappa shape index (κ3) is 0.357. The summed E-state index contributed by atoms with van der Waals surface area (Å²) in [5, 5.41) is 8.88. The van der Waals surface area contributed by atoms with Gasteiger partial charge >= 0.3 is 5.97 Å². The molecule has 0 aromatic heterocycles. The Morgan fingerprint density at radius 1 is 1.64 bits per heavy atom. The second kappa shape index (κ2) is 1.24. The van der Waals surface area contributed by atoms with Gasteiger partial charge in [-0.3, -0.25) is 9.59 Å². The fraction of sp³-hybridized carbons (Fsp3) is 0.750. The molecule has 3 nitrogen and oxygen atoms in total. The molecule has 0 aromatic rings. The number of aliphatic carboxylic acids is 1. The van der Waals surface area contributed by atoms with Crippen molar-refractivity contribution < 1.29 is 14.7 Å². The summed E-state index contributed by atoms with van der Waals surface area (Å²) in [5.74, 6) is -0.248. The van der Waals surface area contributed by atoms with Gasteiger partial charge in [0.2, 0.25) is 0 Å². The maximum Gasteiger partial charge on any atom is 0.310 e. The van der Waals surface area contributed by atoms with Crippen LogP contribution in [0.5, 0.6) is 0 Å². The zero-order chi connectivity index (χ0) is 7.80. The van der Waals surface area contributed by atoms with E-state index in [1.807, 2.05) is 0 Å². The van der Waals surface area contributed by atoms with Crippen LogP contribution < -0.4 is 0 Å². The smallest absolute Gasteiger partial charge is 0.310 e. The number of carboxylic acid groups (broad SMARTS) is 1. The Kier molecular flexibility index (Phi) is 0.646. The molecule has 4 fully saturated rings. The van der Waals surface area contributed by atoms with Crippen molar-refractivity contribution in [1.29, 1.82) is 0 Å². The van der Waals surface area contributed by atoms with Gasteiger partial charge < -0.3 is 5.11 Å². The third-order valence-electron chi connectivity index (χ3n) is 3.74. The van der Waals surface area contributed by atoms with Gasteiger partial charge in [0.1, 0.15) is 5.78 Å². The molecule has 0 saturated heterocycles. The second-order valence-electron chi connectivity index (χ2n) is 3.97. The van der Waals surface area contributed by atoms with Crippen LogP contribution in [0.25, 0.3) is 0 Å². The van der Waals surface area contributed by atoms with Crippen molar-refractivity contribution in [1.82, 2.24) is 0 Å². The number of carbonyl (C=O) groups is 2. The van der Waals surface area contributed by atoms with Gasteiger partial charge in [-0.25, -0.2) is 0 Å². The van der Waals surface area contributed by atoms with Gasteiger partial charge in [-0.2, -0.15) is 0 Å². The Morgan fingerprint density at radius 2 is 2.36 bits per heavy atom. The molecule has 4 rings (SSSR count). The lowest BCUT2D eigenvalue weighted by atomic mass is 10.1. The molecule has 11 heavy (non-hydrogen) atoms. The molecule has 0 spiro atoms. The number of ketones is 1. The molecule has 0 radical (unpaired) electrons. The van der Waals surface area contributed by atoms with Crippen molar-refractivity contribution in [3.05, 3.63) is 0 Å². The molecule has 1 N–H and O–H groups in total. The Hall–Kier alpha value is -0.860. The molecule has 0 aromatic carbocycles. The number of hydrogen-bond donors (Lipinski definition) is 1. The highest BCUT2D eigenvalue weighted by molar-refractivity contribution is 6.02. The predicted octanol–water partition coefficient (Wildman–Crippen LogP) is 0.296. The van der Waals surface area contributed by atoms with Crippen LogP contribution in [-0.4, -0.2) is 16.9 Å². The maximum atomic E-state index is 11.2. The summed E-state index contributed by atoms with van der Waals surface area (Å²) in [4.78, 5) is 22.0. The van der Waals surface area contributed by atoms with Gasteiger partial charge in [0, 0.05) is 11.8 Å². The van der Waals surface area contributed by atoms with Crippen LogP contribution in [-0.2, 0) is 9.59 Å². The number of hydrogen-bond acceptors (Lipinski definition) is 2. The first-order valence-corrected chi connectivity index (χ1v) is 3.95. The second-order valence-corrected chi connectivity index (χ2v) is 3.97. The van der Waals surface area contributed by atoms with E-state index in [4.69, 9.17) is 5.11 Å². The first kappa shape index (κ1) is 5.75. The Morgan fingerprint density at radius 3 is 2.55 bits per heavy atom. The minimum Gasteiger partial charge on any atom is -0.481 e. The normalized spacial score (nSPS) is 56.7. The third-order valence-corrected chi connectivity index (χ3v) is 3.74. The van der Waals surface area contributed by atoms with Crippen LogP contribution >= 0.6 is 0 Å². The first-order valence-electron chi connectivity index (χ1n) is 3.95. The molecule has 0 aliphatic heterocycles. The van der Waals surface area contributed by atoms with Gasteiger partial charge in [-0.1, -0.05) is 0 Å². The van der Waals surface area contributed by atoms with Crippen LogP contribution in [0.3, 0.4) is 0 Å². The lowest BCUT2D eigenvalue weighted by Crippen LogP contribution is -2.14. The molecule has 4 bridgehead atoms. The topological polar surface area (TPSA) is 54.4 Å². The van der Waals surface area contributed by atoms with Crippen LogP contribution in [0.2, 0.25) is 0 Å². The SMILES string of the molecule is O=C1[C@H]2C[C@H]3[C@@H]1[C@@]3(C(=O)O)C2. The van der Waals surface area contributed by atoms with Crippen molar-refractivity contribution in [2.45, 2.75) is 12.8 Å². The lowest BCUT2D eigenvalue weighted by Gasteiger charge is -2.00. The molecule has 3 heteroatoms. The number of Topliss-reactive ketones (excluding diaryl/α,β-unsaturated/α-hetero) is 1. The van der Waals surface area contributed by atoms with E-state index in [-0.39, 0.29) is 23.5 Å². The molecular weight excluding hydrogens is 144 g/mol. The van der Waals surface area contributed by atoms with Gasteiger partial charge in [0.15, 0.2) is 0 Å². The predicted molar refractivity (Wildman–Crippen MR) is 34.8 cm³/mol. The quantitative estimate of drug-likeness (QED) is 0.587. The Bertz CT molecular complexity index is 283. The molecule has 4 saturated carbocycles. The molecule has 4 atom stereocenters. The zero-order valence-electron chi connectivity index (χ0n) is 5.91. The van der Waals surface area contributed by atoms with E-state index >= 15 is 0 Å². The first-order chi connectivity index (χ1) is 5.18. The van der Waals surface area contributed by atoms with Crippen molar-refractivity contribution in [2.24, 2.45) is 23.2 Å². The lowest BCUT2D eigenvalue weighted by molar-refractivity contribution is -0.144. The van der Waals surface area contributed by atoms with Crippen molar-refractivity contribution in [3.63, 3.8) is 0 Å². The van der Waals surface area contributed by atoms with E-state index in [9.17, 15) is 9.59 Å². The summed E-state index contributed by atoms with van der Waals surface area (Å²) in [6.07, 6.45) is 1.49. The number of carboxylic acids is 1. The molecule has 4 aliphatic carbocycles.